The molecule has 0 fully saturated rings. The predicted octanol–water partition coefficient (Wildman–Crippen LogP) is 3.60. The molecule has 0 aliphatic heterocycles. The van der Waals surface area contributed by atoms with Crippen molar-refractivity contribution >= 4 is 21.7 Å². The summed E-state index contributed by atoms with van der Waals surface area (Å²) in [5, 5.41) is 32.6. The van der Waals surface area contributed by atoms with Gasteiger partial charge in [0.05, 0.1) is 18.0 Å². The number of hydrogen-bond acceptors (Lipinski definition) is 8. The van der Waals surface area contributed by atoms with Crippen molar-refractivity contribution in [3.05, 3.63) is 71.3 Å². The van der Waals surface area contributed by atoms with Crippen LogP contribution < -0.4 is 19.5 Å². The van der Waals surface area contributed by atoms with Crippen molar-refractivity contribution in [2.75, 3.05) is 30.7 Å². The molecule has 0 saturated carbocycles. The molecule has 39 heavy (non-hydrogen) atoms. The molecule has 10 nitrogen and oxygen atoms in total. The van der Waals surface area contributed by atoms with Gasteiger partial charge in [-0.2, -0.15) is 0 Å². The van der Waals surface area contributed by atoms with Gasteiger partial charge in [0.2, 0.25) is 10.0 Å². The van der Waals surface area contributed by atoms with Crippen LogP contribution in [0.15, 0.2) is 54.6 Å². The van der Waals surface area contributed by atoms with Crippen LogP contribution >= 0.6 is 0 Å². The van der Waals surface area contributed by atoms with E-state index >= 15 is 0 Å². The summed E-state index contributed by atoms with van der Waals surface area (Å²) in [6.45, 7) is 6.13. The Balaban J connectivity index is 1.56. The number of carbonyl (C=O) groups is 1. The summed E-state index contributed by atoms with van der Waals surface area (Å²) in [5.41, 5.74) is 4.32. The molecule has 0 amide bonds. The third-order valence-corrected chi connectivity index (χ3v) is 6.55. The highest BCUT2D eigenvalue weighted by atomic mass is 32.2. The van der Waals surface area contributed by atoms with Crippen molar-refractivity contribution in [2.45, 2.75) is 32.9 Å². The summed E-state index contributed by atoms with van der Waals surface area (Å²) in [5.74, 6) is -0.0101. The van der Waals surface area contributed by atoms with E-state index in [2.05, 4.69) is 10.0 Å². The number of hydrogen-bond donors (Lipinski definition) is 5. The number of aryl methyl sites for hydroxylation is 2. The van der Waals surface area contributed by atoms with Crippen molar-refractivity contribution < 1.29 is 38.0 Å². The van der Waals surface area contributed by atoms with Gasteiger partial charge in [0.25, 0.3) is 0 Å². The first-order chi connectivity index (χ1) is 18.3. The number of aliphatic hydroxyl groups excluding tert-OH is 1. The molecule has 0 aromatic heterocycles. The quantitative estimate of drug-likeness (QED) is 0.156. The normalized spacial score (nSPS) is 12.9. The third kappa shape index (κ3) is 8.60. The molecule has 0 radical (unpaired) electrons. The molecule has 3 aromatic rings. The maximum Gasteiger partial charge on any atom is 0.341 e. The molecule has 3 aromatic carbocycles. The fraction of sp³-hybridized carbons (Fsp3) is 0.321. The Bertz CT molecular complexity index is 1380. The number of phenols is 1. The summed E-state index contributed by atoms with van der Waals surface area (Å²) in [6.07, 6.45) is 0.0322. The molecular weight excluding hydrogens is 524 g/mol. The third-order valence-electron chi connectivity index (χ3n) is 5.96. The maximum absolute atomic E-state index is 11.5. The number of aromatic hydroxyl groups is 1. The molecule has 0 saturated heterocycles. The van der Waals surface area contributed by atoms with Crippen molar-refractivity contribution in [1.82, 2.24) is 5.32 Å². The number of benzene rings is 3. The number of nitrogens with one attached hydrogen (secondary N) is 2. The van der Waals surface area contributed by atoms with Gasteiger partial charge >= 0.3 is 5.97 Å². The van der Waals surface area contributed by atoms with Crippen LogP contribution in [0, 0.1) is 13.8 Å². The fourth-order valence-electron chi connectivity index (χ4n) is 4.09. The predicted molar refractivity (Wildman–Crippen MR) is 149 cm³/mol. The average molecular weight is 559 g/mol. The minimum atomic E-state index is -3.59. The Morgan fingerprint density at radius 1 is 0.974 bits per heavy atom. The molecule has 0 spiro atoms. The molecule has 11 heteroatoms. The Morgan fingerprint density at radius 2 is 1.62 bits per heavy atom. The molecule has 2 atom stereocenters. The zero-order valence-electron chi connectivity index (χ0n) is 22.3. The highest BCUT2D eigenvalue weighted by Crippen LogP contribution is 2.31. The van der Waals surface area contributed by atoms with E-state index in [0.29, 0.717) is 24.5 Å². The van der Waals surface area contributed by atoms with Crippen molar-refractivity contribution in [1.29, 1.82) is 0 Å². The van der Waals surface area contributed by atoms with E-state index in [-0.39, 0.29) is 17.5 Å². The van der Waals surface area contributed by atoms with Crippen LogP contribution in [0.1, 0.15) is 29.7 Å². The first-order valence-electron chi connectivity index (χ1n) is 12.3. The van der Waals surface area contributed by atoms with Gasteiger partial charge in [-0.3, -0.25) is 4.72 Å². The van der Waals surface area contributed by atoms with Gasteiger partial charge in [0.15, 0.2) is 6.61 Å². The standard InChI is InChI=1S/C28H34N2O8S/c1-17-13-22(20-5-8-23(9-6-20)38-16-26(32)33)14-18(2)28(17)37-12-11-29-19(3)27(34)21-7-10-25(31)24(15-21)30-39(4,35)36/h5-10,13-15,19,27,29-31,34H,11-12,16H2,1-4H3,(H,32,33)/t19-,27-/m0/s1. The number of aliphatic carboxylic acids is 1. The van der Waals surface area contributed by atoms with Gasteiger partial charge in [-0.25, -0.2) is 13.2 Å². The number of ether oxygens (including phenoxy) is 2. The van der Waals surface area contributed by atoms with E-state index in [0.717, 1.165) is 34.3 Å². The summed E-state index contributed by atoms with van der Waals surface area (Å²) in [4.78, 5) is 10.7. The number of phenolic OH excluding ortho intramolecular Hbond substituents is 1. The second-order valence-electron chi connectivity index (χ2n) is 9.33. The average Bonchev–Trinajstić information content (AvgIpc) is 2.86. The highest BCUT2D eigenvalue weighted by molar-refractivity contribution is 7.92. The van der Waals surface area contributed by atoms with Gasteiger partial charge in [-0.15, -0.1) is 0 Å². The molecule has 0 bridgehead atoms. The Morgan fingerprint density at radius 3 is 2.21 bits per heavy atom. The number of carboxylic acid groups (broad SMARTS) is 1. The number of aliphatic hydroxyl groups is 1. The number of carboxylic acids is 1. The van der Waals surface area contributed by atoms with Gasteiger partial charge in [0, 0.05) is 12.6 Å². The number of sulfonamides is 1. The second-order valence-corrected chi connectivity index (χ2v) is 11.1. The van der Waals surface area contributed by atoms with Crippen LogP contribution in [0.3, 0.4) is 0 Å². The molecular formula is C28H34N2O8S. The zero-order valence-corrected chi connectivity index (χ0v) is 23.1. The summed E-state index contributed by atoms with van der Waals surface area (Å²) >= 11 is 0. The van der Waals surface area contributed by atoms with Gasteiger partial charge < -0.3 is 30.1 Å². The van der Waals surface area contributed by atoms with Crippen molar-refractivity contribution in [2.24, 2.45) is 0 Å². The Hall–Kier alpha value is -3.80. The lowest BCUT2D eigenvalue weighted by Gasteiger charge is -2.22. The monoisotopic (exact) mass is 558 g/mol. The zero-order chi connectivity index (χ0) is 28.7. The first kappa shape index (κ1) is 29.8. The Kier molecular flexibility index (Phi) is 9.79. The molecule has 210 valence electrons. The lowest BCUT2D eigenvalue weighted by molar-refractivity contribution is -0.139. The van der Waals surface area contributed by atoms with Gasteiger partial charge in [-0.1, -0.05) is 18.2 Å². The largest absolute Gasteiger partial charge is 0.506 e. The second kappa shape index (κ2) is 12.8. The number of rotatable bonds is 13. The summed E-state index contributed by atoms with van der Waals surface area (Å²) < 4.78 is 36.5. The van der Waals surface area contributed by atoms with Crippen molar-refractivity contribution in [3.8, 4) is 28.4 Å². The van der Waals surface area contributed by atoms with Crippen molar-refractivity contribution in [3.63, 3.8) is 0 Å². The Labute approximate surface area is 228 Å². The van der Waals surface area contributed by atoms with E-state index < -0.39 is 28.7 Å². The maximum atomic E-state index is 11.5. The minimum Gasteiger partial charge on any atom is -0.506 e. The topological polar surface area (TPSA) is 154 Å². The van der Waals surface area contributed by atoms with E-state index in [4.69, 9.17) is 14.6 Å². The van der Waals surface area contributed by atoms with E-state index in [1.807, 2.05) is 38.1 Å². The van der Waals surface area contributed by atoms with Gasteiger partial charge in [0.1, 0.15) is 23.9 Å². The molecule has 0 aliphatic carbocycles. The molecule has 5 N–H and O–H groups in total. The summed E-state index contributed by atoms with van der Waals surface area (Å²) in [7, 11) is -3.59. The number of anilines is 1. The van der Waals surface area contributed by atoms with E-state index in [1.165, 1.54) is 18.2 Å². The van der Waals surface area contributed by atoms with Gasteiger partial charge in [-0.05, 0) is 85.0 Å². The van der Waals surface area contributed by atoms with Crippen LogP contribution in [0.4, 0.5) is 5.69 Å². The molecule has 0 heterocycles. The van der Waals surface area contributed by atoms with Crippen LogP contribution in [-0.2, 0) is 14.8 Å². The van der Waals surface area contributed by atoms with Crippen LogP contribution in [0.2, 0.25) is 0 Å². The lowest BCUT2D eigenvalue weighted by Crippen LogP contribution is -2.35. The highest BCUT2D eigenvalue weighted by Gasteiger charge is 2.18. The SMILES string of the molecule is Cc1cc(-c2ccc(OCC(=O)O)cc2)cc(C)c1OCCN[C@@H](C)[C@H](O)c1ccc(O)c(NS(C)(=O)=O)c1. The molecule has 0 unspecified atom stereocenters. The minimum absolute atomic E-state index is 0.00134. The van der Waals surface area contributed by atoms with Crippen LogP contribution in [0.25, 0.3) is 11.1 Å². The van der Waals surface area contributed by atoms with Crippen LogP contribution in [0.5, 0.6) is 17.2 Å². The summed E-state index contributed by atoms with van der Waals surface area (Å²) in [6, 6.07) is 15.1. The molecule has 0 aliphatic rings. The van der Waals surface area contributed by atoms with E-state index in [1.54, 1.807) is 19.1 Å². The smallest absolute Gasteiger partial charge is 0.341 e. The molecule has 3 rings (SSSR count). The fourth-order valence-corrected chi connectivity index (χ4v) is 4.66. The van der Waals surface area contributed by atoms with Crippen LogP contribution in [-0.4, -0.2) is 61.8 Å². The lowest BCUT2D eigenvalue weighted by atomic mass is 9.99. The first-order valence-corrected chi connectivity index (χ1v) is 14.1. The van der Waals surface area contributed by atoms with E-state index in [9.17, 15) is 23.4 Å².